The van der Waals surface area contributed by atoms with Crippen molar-refractivity contribution in [1.82, 2.24) is 30.2 Å². The molecule has 0 radical (unpaired) electrons. The fraction of sp³-hybridized carbons (Fsp3) is 0.238. The van der Waals surface area contributed by atoms with E-state index in [0.29, 0.717) is 67.6 Å². The number of benzene rings is 4. The van der Waals surface area contributed by atoms with Gasteiger partial charge in [0.25, 0.3) is 0 Å². The van der Waals surface area contributed by atoms with E-state index in [2.05, 4.69) is 26.1 Å². The Hall–Kier alpha value is -5.70. The molecule has 2 amide bonds. The number of aromatic nitrogens is 4. The number of piperazine rings is 1. The van der Waals surface area contributed by atoms with Gasteiger partial charge in [-0.1, -0.05) is 83.9 Å². The topological polar surface area (TPSA) is 148 Å². The molecule has 0 saturated carbocycles. The number of halogens is 2. The van der Waals surface area contributed by atoms with E-state index in [4.69, 9.17) is 37.8 Å². The minimum Gasteiger partial charge on any atom is -0.489 e. The number of aliphatic hydroxyl groups is 1. The van der Waals surface area contributed by atoms with Gasteiger partial charge in [0.1, 0.15) is 24.7 Å². The van der Waals surface area contributed by atoms with Crippen LogP contribution in [0.15, 0.2) is 122 Å². The highest BCUT2D eigenvalue weighted by molar-refractivity contribution is 6.31. The van der Waals surface area contributed by atoms with Gasteiger partial charge in [-0.3, -0.25) is 23.9 Å². The van der Waals surface area contributed by atoms with Crippen LogP contribution in [0.1, 0.15) is 22.3 Å². The summed E-state index contributed by atoms with van der Waals surface area (Å²) in [6.07, 6.45) is 3.64. The molecule has 0 unspecified atom stereocenters. The lowest BCUT2D eigenvalue weighted by Gasteiger charge is -2.25. The van der Waals surface area contributed by atoms with Gasteiger partial charge in [-0.15, -0.1) is 0 Å². The molecule has 1 aliphatic rings. The number of aliphatic hydroxyl groups excluding tert-OH is 1. The second kappa shape index (κ2) is 21.0. The van der Waals surface area contributed by atoms with E-state index in [1.165, 1.54) is 0 Å². The molecule has 4 N–H and O–H groups in total. The number of nitrogens with one attached hydrogen (secondary N) is 3. The van der Waals surface area contributed by atoms with Crippen molar-refractivity contribution >= 4 is 46.7 Å². The zero-order valence-electron chi connectivity index (χ0n) is 31.2. The third-order valence-electron chi connectivity index (χ3n) is 8.66. The predicted octanol–water partition coefficient (Wildman–Crippen LogP) is 5.78. The second-order valence-electron chi connectivity index (χ2n) is 13.0. The summed E-state index contributed by atoms with van der Waals surface area (Å²) in [4.78, 5) is 25.6. The number of carbonyl (C=O) groups is 2. The van der Waals surface area contributed by atoms with Crippen molar-refractivity contribution in [2.24, 2.45) is 0 Å². The molecule has 1 saturated heterocycles. The summed E-state index contributed by atoms with van der Waals surface area (Å²) in [6.45, 7) is 4.08. The molecule has 2 aromatic heterocycles. The van der Waals surface area contributed by atoms with Crippen LogP contribution >= 0.6 is 23.2 Å². The SMILES string of the molecule is O=C(CNCCO)Nc1ccn(Cc2cc(Cl)ccc2OCc2ccccc2)n1.O=C1CNCCN1c1ccn(Cc2cc(Cl)ccc2OCc2ccccc2)n1. The Morgan fingerprint density at radius 1 is 0.772 bits per heavy atom. The number of anilines is 2. The molecule has 1 fully saturated rings. The maximum atomic E-state index is 12.1. The van der Waals surface area contributed by atoms with E-state index in [9.17, 15) is 9.59 Å². The maximum absolute atomic E-state index is 12.1. The van der Waals surface area contributed by atoms with Crippen LogP contribution in [0.4, 0.5) is 11.6 Å². The monoisotopic (exact) mass is 810 g/mol. The Bertz CT molecular complexity index is 2200. The van der Waals surface area contributed by atoms with Gasteiger partial charge in [0.15, 0.2) is 11.6 Å². The molecule has 3 heterocycles. The molecule has 13 nitrogen and oxygen atoms in total. The summed E-state index contributed by atoms with van der Waals surface area (Å²) in [5, 5.41) is 27.5. The van der Waals surface area contributed by atoms with Gasteiger partial charge in [-0.2, -0.15) is 10.2 Å². The molecule has 4 aromatic carbocycles. The normalized spacial score (nSPS) is 12.5. The van der Waals surface area contributed by atoms with Crippen LogP contribution in [0, 0.1) is 0 Å². The van der Waals surface area contributed by atoms with Crippen molar-refractivity contribution in [2.45, 2.75) is 26.3 Å². The Morgan fingerprint density at radius 3 is 1.93 bits per heavy atom. The van der Waals surface area contributed by atoms with Crippen LogP contribution in [-0.4, -0.2) is 75.8 Å². The summed E-state index contributed by atoms with van der Waals surface area (Å²) in [7, 11) is 0. The van der Waals surface area contributed by atoms with Crippen molar-refractivity contribution in [3.05, 3.63) is 154 Å². The predicted molar refractivity (Wildman–Crippen MR) is 221 cm³/mol. The van der Waals surface area contributed by atoms with Crippen LogP contribution in [-0.2, 0) is 35.9 Å². The van der Waals surface area contributed by atoms with Gasteiger partial charge in [0, 0.05) is 65.3 Å². The molecule has 0 aliphatic carbocycles. The van der Waals surface area contributed by atoms with Crippen molar-refractivity contribution in [1.29, 1.82) is 0 Å². The lowest BCUT2D eigenvalue weighted by atomic mass is 10.2. The van der Waals surface area contributed by atoms with E-state index in [-0.39, 0.29) is 25.0 Å². The van der Waals surface area contributed by atoms with Crippen LogP contribution < -0.4 is 30.3 Å². The number of nitrogens with zero attached hydrogens (tertiary/aromatic N) is 5. The molecule has 1 aliphatic heterocycles. The third-order valence-corrected chi connectivity index (χ3v) is 9.13. The highest BCUT2D eigenvalue weighted by atomic mass is 35.5. The first-order chi connectivity index (χ1) is 27.8. The fourth-order valence-electron chi connectivity index (χ4n) is 5.86. The molecule has 0 bridgehead atoms. The average Bonchev–Trinajstić information content (AvgIpc) is 3.88. The Morgan fingerprint density at radius 2 is 1.35 bits per heavy atom. The van der Waals surface area contributed by atoms with Gasteiger partial charge < -0.3 is 30.5 Å². The van der Waals surface area contributed by atoms with Crippen molar-refractivity contribution < 1.29 is 24.2 Å². The first kappa shape index (κ1) is 40.9. The lowest BCUT2D eigenvalue weighted by molar-refractivity contribution is -0.118. The van der Waals surface area contributed by atoms with E-state index in [1.807, 2.05) is 103 Å². The van der Waals surface area contributed by atoms with Crippen LogP contribution in [0.25, 0.3) is 0 Å². The number of rotatable bonds is 16. The zero-order valence-corrected chi connectivity index (χ0v) is 32.7. The molecule has 0 spiro atoms. The molecule has 296 valence electrons. The number of ether oxygens (including phenoxy) is 2. The molecule has 6 aromatic rings. The highest BCUT2D eigenvalue weighted by Gasteiger charge is 2.21. The minimum atomic E-state index is -0.224. The first-order valence-electron chi connectivity index (χ1n) is 18.4. The summed E-state index contributed by atoms with van der Waals surface area (Å²) >= 11 is 12.4. The maximum Gasteiger partial charge on any atom is 0.242 e. The first-order valence-corrected chi connectivity index (χ1v) is 19.2. The largest absolute Gasteiger partial charge is 0.489 e. The summed E-state index contributed by atoms with van der Waals surface area (Å²) in [5.74, 6) is 2.43. The average molecular weight is 812 g/mol. The third kappa shape index (κ3) is 12.7. The molecule has 57 heavy (non-hydrogen) atoms. The Kier molecular flexibility index (Phi) is 15.1. The summed E-state index contributed by atoms with van der Waals surface area (Å²) in [5.41, 5.74) is 4.00. The molecular formula is C42H44Cl2N8O5. The standard InChI is InChI=1S/C21H23ClN4O3.C21H21ClN4O2/c22-18-6-7-19(29-15-16-4-2-1-3-5-16)17(12-18)14-26-10-8-20(25-26)24-21(28)13-23-9-11-27;22-18-6-7-19(28-15-16-4-2-1-3-5-16)17(12-18)14-25-10-8-20(24-25)26-11-9-23-13-21(26)27/h1-8,10,12,23,27H,9,11,13-15H2,(H,24,25,28);1-8,10,12,23H,9,11,13-15H2. The Balaban J connectivity index is 0.000000193. The van der Waals surface area contributed by atoms with Gasteiger partial charge in [-0.05, 0) is 47.5 Å². The molecular weight excluding hydrogens is 767 g/mol. The summed E-state index contributed by atoms with van der Waals surface area (Å²) < 4.78 is 15.5. The van der Waals surface area contributed by atoms with Gasteiger partial charge in [0.05, 0.1) is 32.8 Å². The quantitative estimate of drug-likeness (QED) is 0.0894. The van der Waals surface area contributed by atoms with Gasteiger partial charge in [0.2, 0.25) is 11.8 Å². The highest BCUT2D eigenvalue weighted by Crippen LogP contribution is 2.27. The second-order valence-corrected chi connectivity index (χ2v) is 13.9. The molecule has 0 atom stereocenters. The minimum absolute atomic E-state index is 0.0176. The van der Waals surface area contributed by atoms with Crippen molar-refractivity contribution in [2.75, 3.05) is 49.5 Å². The van der Waals surface area contributed by atoms with E-state index in [1.54, 1.807) is 32.6 Å². The number of hydrogen-bond acceptors (Lipinski definition) is 9. The smallest absolute Gasteiger partial charge is 0.242 e. The van der Waals surface area contributed by atoms with E-state index >= 15 is 0 Å². The lowest BCUT2D eigenvalue weighted by Crippen LogP contribution is -2.48. The van der Waals surface area contributed by atoms with Crippen LogP contribution in [0.5, 0.6) is 11.5 Å². The summed E-state index contributed by atoms with van der Waals surface area (Å²) in [6, 6.07) is 34.6. The molecule has 7 rings (SSSR count). The van der Waals surface area contributed by atoms with Gasteiger partial charge >= 0.3 is 0 Å². The number of amides is 2. The van der Waals surface area contributed by atoms with Crippen LogP contribution in [0.3, 0.4) is 0 Å². The van der Waals surface area contributed by atoms with Crippen molar-refractivity contribution in [3.63, 3.8) is 0 Å². The van der Waals surface area contributed by atoms with E-state index < -0.39 is 0 Å². The zero-order chi connectivity index (χ0) is 39.8. The van der Waals surface area contributed by atoms with Gasteiger partial charge in [-0.25, -0.2) is 0 Å². The Labute approximate surface area is 341 Å². The fourth-order valence-corrected chi connectivity index (χ4v) is 6.25. The molecule has 15 heteroatoms. The van der Waals surface area contributed by atoms with Crippen molar-refractivity contribution in [3.8, 4) is 11.5 Å². The van der Waals surface area contributed by atoms with E-state index in [0.717, 1.165) is 40.3 Å². The number of carbonyl (C=O) groups excluding carboxylic acids is 2. The van der Waals surface area contributed by atoms with Crippen LogP contribution in [0.2, 0.25) is 10.0 Å². The number of hydrogen-bond donors (Lipinski definition) is 4.